The van der Waals surface area contributed by atoms with Crippen molar-refractivity contribution in [1.82, 2.24) is 9.88 Å². The fourth-order valence-corrected chi connectivity index (χ4v) is 3.97. The number of pyridine rings is 1. The van der Waals surface area contributed by atoms with Crippen LogP contribution in [-0.4, -0.2) is 40.7 Å². The van der Waals surface area contributed by atoms with Gasteiger partial charge >= 0.3 is 12.1 Å². The molecule has 0 radical (unpaired) electrons. The minimum atomic E-state index is -1.17. The van der Waals surface area contributed by atoms with Crippen LogP contribution in [0.4, 0.5) is 4.79 Å². The average molecular weight is 402 g/mol. The number of likely N-dealkylation sites (N-methyl/N-ethyl adjacent to an activating group) is 1. The number of aryl methyl sites for hydroxylation is 1. The van der Waals surface area contributed by atoms with Crippen molar-refractivity contribution in [3.05, 3.63) is 89.2 Å². The molecule has 0 saturated heterocycles. The lowest BCUT2D eigenvalue weighted by atomic mass is 9.98. The number of carbonyl (C=O) groups excluding carboxylic acids is 1. The number of carboxylic acid groups (broad SMARTS) is 1. The second-order valence-electron chi connectivity index (χ2n) is 7.39. The number of hydrogen-bond acceptors (Lipinski definition) is 4. The summed E-state index contributed by atoms with van der Waals surface area (Å²) in [5.74, 6) is -1.23. The van der Waals surface area contributed by atoms with Crippen LogP contribution in [0.5, 0.6) is 0 Å². The summed E-state index contributed by atoms with van der Waals surface area (Å²) >= 11 is 0. The lowest BCUT2D eigenvalue weighted by Crippen LogP contribution is -2.37. The minimum Gasteiger partial charge on any atom is -0.479 e. The Hall–Kier alpha value is -3.67. The van der Waals surface area contributed by atoms with Crippen molar-refractivity contribution in [3.63, 3.8) is 0 Å². The maximum Gasteiger partial charge on any atom is 0.410 e. The van der Waals surface area contributed by atoms with Crippen LogP contribution in [0.3, 0.4) is 0 Å². The topological polar surface area (TPSA) is 79.7 Å². The molecule has 0 saturated carbocycles. The Labute approximate surface area is 174 Å². The van der Waals surface area contributed by atoms with E-state index in [0.29, 0.717) is 5.56 Å². The van der Waals surface area contributed by atoms with E-state index in [9.17, 15) is 14.7 Å². The van der Waals surface area contributed by atoms with Gasteiger partial charge in [-0.05, 0) is 35.2 Å². The molecule has 6 nitrogen and oxygen atoms in total. The third kappa shape index (κ3) is 3.52. The summed E-state index contributed by atoms with van der Waals surface area (Å²) < 4.78 is 5.58. The summed E-state index contributed by atoms with van der Waals surface area (Å²) in [5.41, 5.74) is 5.67. The molecule has 4 rings (SSSR count). The molecule has 1 heterocycles. The van der Waals surface area contributed by atoms with E-state index in [2.05, 4.69) is 17.1 Å². The van der Waals surface area contributed by atoms with Crippen molar-refractivity contribution in [1.29, 1.82) is 0 Å². The van der Waals surface area contributed by atoms with E-state index in [1.165, 1.54) is 13.2 Å². The van der Waals surface area contributed by atoms with E-state index in [-0.39, 0.29) is 12.5 Å². The lowest BCUT2D eigenvalue weighted by Gasteiger charge is -2.25. The number of fused-ring (bicyclic) bond motifs is 3. The number of aromatic nitrogens is 1. The Balaban J connectivity index is 1.53. The summed E-state index contributed by atoms with van der Waals surface area (Å²) in [6, 6.07) is 18.3. The zero-order valence-electron chi connectivity index (χ0n) is 16.8. The molecular formula is C24H22N2O4. The molecular weight excluding hydrogens is 380 g/mol. The molecule has 3 aromatic rings. The zero-order valence-corrected chi connectivity index (χ0v) is 16.8. The van der Waals surface area contributed by atoms with Crippen LogP contribution in [0, 0.1) is 6.92 Å². The number of carbonyl (C=O) groups is 2. The second-order valence-corrected chi connectivity index (χ2v) is 7.39. The normalized spacial score (nSPS) is 13.3. The fourth-order valence-electron chi connectivity index (χ4n) is 3.97. The van der Waals surface area contributed by atoms with Gasteiger partial charge in [0.25, 0.3) is 0 Å². The van der Waals surface area contributed by atoms with E-state index < -0.39 is 18.1 Å². The molecule has 6 heteroatoms. The van der Waals surface area contributed by atoms with Crippen molar-refractivity contribution >= 4 is 12.1 Å². The second kappa shape index (κ2) is 7.99. The number of aliphatic carboxylic acids is 1. The Bertz CT molecular complexity index is 1050. The molecule has 1 aliphatic rings. The molecule has 0 aliphatic heterocycles. The van der Waals surface area contributed by atoms with Gasteiger partial charge in [-0.2, -0.15) is 0 Å². The molecule has 0 spiro atoms. The molecule has 1 unspecified atom stereocenters. The molecule has 1 aromatic heterocycles. The molecule has 1 aliphatic carbocycles. The van der Waals surface area contributed by atoms with Gasteiger partial charge in [0.15, 0.2) is 6.04 Å². The fraction of sp³-hybridized carbons (Fsp3) is 0.208. The van der Waals surface area contributed by atoms with Gasteiger partial charge in [-0.25, -0.2) is 9.59 Å². The van der Waals surface area contributed by atoms with Gasteiger partial charge in [-0.3, -0.25) is 9.88 Å². The highest BCUT2D eigenvalue weighted by Crippen LogP contribution is 2.44. The maximum atomic E-state index is 12.7. The smallest absolute Gasteiger partial charge is 0.410 e. The maximum absolute atomic E-state index is 12.7. The molecule has 152 valence electrons. The lowest BCUT2D eigenvalue weighted by molar-refractivity contribution is -0.142. The van der Waals surface area contributed by atoms with Crippen LogP contribution in [0.1, 0.15) is 34.3 Å². The largest absolute Gasteiger partial charge is 0.479 e. The molecule has 0 fully saturated rings. The van der Waals surface area contributed by atoms with Crippen LogP contribution >= 0.6 is 0 Å². The molecule has 0 bridgehead atoms. The monoisotopic (exact) mass is 402 g/mol. The Morgan fingerprint density at radius 3 is 2.17 bits per heavy atom. The van der Waals surface area contributed by atoms with E-state index in [1.54, 1.807) is 12.1 Å². The first-order valence-corrected chi connectivity index (χ1v) is 9.70. The van der Waals surface area contributed by atoms with Gasteiger partial charge in [0, 0.05) is 30.4 Å². The number of nitrogens with zero attached hydrogens (tertiary/aromatic N) is 2. The van der Waals surface area contributed by atoms with Crippen molar-refractivity contribution in [3.8, 4) is 11.1 Å². The Morgan fingerprint density at radius 1 is 1.03 bits per heavy atom. The first kappa shape index (κ1) is 19.6. The Morgan fingerprint density at radius 2 is 1.63 bits per heavy atom. The summed E-state index contributed by atoms with van der Waals surface area (Å²) in [6.07, 6.45) is 0.784. The Kier molecular flexibility index (Phi) is 5.23. The molecule has 30 heavy (non-hydrogen) atoms. The van der Waals surface area contributed by atoms with Crippen LogP contribution < -0.4 is 0 Å². The number of benzene rings is 2. The summed E-state index contributed by atoms with van der Waals surface area (Å²) in [5, 5.41) is 9.68. The van der Waals surface area contributed by atoms with Gasteiger partial charge in [-0.1, -0.05) is 54.6 Å². The summed E-state index contributed by atoms with van der Waals surface area (Å²) in [7, 11) is 1.43. The van der Waals surface area contributed by atoms with Gasteiger partial charge < -0.3 is 9.84 Å². The van der Waals surface area contributed by atoms with Gasteiger partial charge in [0.05, 0.1) is 0 Å². The molecule has 1 amide bonds. The summed E-state index contributed by atoms with van der Waals surface area (Å²) in [6.45, 7) is 1.95. The predicted octanol–water partition coefficient (Wildman–Crippen LogP) is 4.40. The molecule has 2 aromatic carbocycles. The number of hydrogen-bond donors (Lipinski definition) is 1. The van der Waals surface area contributed by atoms with Gasteiger partial charge in [0.1, 0.15) is 6.61 Å². The third-order valence-electron chi connectivity index (χ3n) is 5.50. The number of rotatable bonds is 5. The zero-order chi connectivity index (χ0) is 21.3. The van der Waals surface area contributed by atoms with Gasteiger partial charge in [0.2, 0.25) is 0 Å². The van der Waals surface area contributed by atoms with Gasteiger partial charge in [-0.15, -0.1) is 0 Å². The third-order valence-corrected chi connectivity index (χ3v) is 5.50. The van der Waals surface area contributed by atoms with Crippen molar-refractivity contribution in [2.75, 3.05) is 13.7 Å². The molecule has 1 N–H and O–H groups in total. The van der Waals surface area contributed by atoms with Crippen molar-refractivity contribution in [2.24, 2.45) is 0 Å². The first-order valence-electron chi connectivity index (χ1n) is 9.70. The number of carboxylic acids is 1. The highest BCUT2D eigenvalue weighted by atomic mass is 16.6. The summed E-state index contributed by atoms with van der Waals surface area (Å²) in [4.78, 5) is 29.8. The number of amides is 1. The van der Waals surface area contributed by atoms with E-state index in [4.69, 9.17) is 4.74 Å². The highest BCUT2D eigenvalue weighted by molar-refractivity contribution is 5.82. The van der Waals surface area contributed by atoms with Crippen LogP contribution in [0.25, 0.3) is 11.1 Å². The molecule has 1 atom stereocenters. The number of ether oxygens (including phenoxy) is 1. The highest BCUT2D eigenvalue weighted by Gasteiger charge is 2.32. The standard InChI is InChI=1S/C24H22N2O4/c1-15-11-12-16(13-25-15)22(23(27)28)26(2)24(29)30-14-21-19-9-5-3-7-17(19)18-8-4-6-10-20(18)21/h3-13,21-22H,14H2,1-2H3,(H,27,28). The van der Waals surface area contributed by atoms with E-state index in [0.717, 1.165) is 32.8 Å². The quantitative estimate of drug-likeness (QED) is 0.684. The van der Waals surface area contributed by atoms with E-state index >= 15 is 0 Å². The van der Waals surface area contributed by atoms with Crippen LogP contribution in [0.15, 0.2) is 66.9 Å². The van der Waals surface area contributed by atoms with Crippen molar-refractivity contribution < 1.29 is 19.4 Å². The van der Waals surface area contributed by atoms with E-state index in [1.807, 2.05) is 43.3 Å². The predicted molar refractivity (Wildman–Crippen MR) is 112 cm³/mol. The minimum absolute atomic E-state index is 0.0842. The van der Waals surface area contributed by atoms with Crippen LogP contribution in [-0.2, 0) is 9.53 Å². The average Bonchev–Trinajstić information content (AvgIpc) is 3.07. The van der Waals surface area contributed by atoms with Crippen LogP contribution in [0.2, 0.25) is 0 Å². The van der Waals surface area contributed by atoms with Crippen molar-refractivity contribution in [2.45, 2.75) is 18.9 Å². The SMILES string of the molecule is Cc1ccc(C(C(=O)O)N(C)C(=O)OCC2c3ccccc3-c3ccccc32)cn1. The first-order chi connectivity index (χ1) is 14.5.